The number of hydrogen-bond donors (Lipinski definition) is 0. The van der Waals surface area contributed by atoms with Crippen molar-refractivity contribution in [1.82, 2.24) is 0 Å². The molecule has 2 aliphatic rings. The first-order chi connectivity index (χ1) is 21.0. The number of benzene rings is 6. The molecular formula is C41H30N2. The third-order valence-electron chi connectivity index (χ3n) is 9.56. The molecule has 0 radical (unpaired) electrons. The van der Waals surface area contributed by atoms with Crippen molar-refractivity contribution in [1.29, 1.82) is 5.26 Å². The van der Waals surface area contributed by atoms with Gasteiger partial charge in [0.2, 0.25) is 0 Å². The lowest BCUT2D eigenvalue weighted by Crippen LogP contribution is -2.37. The lowest BCUT2D eigenvalue weighted by molar-refractivity contribution is 0.660. The topological polar surface area (TPSA) is 27.0 Å². The summed E-state index contributed by atoms with van der Waals surface area (Å²) >= 11 is 0. The second-order valence-corrected chi connectivity index (χ2v) is 12.1. The highest BCUT2D eigenvalue weighted by Crippen LogP contribution is 2.58. The molecule has 6 aromatic carbocycles. The van der Waals surface area contributed by atoms with E-state index in [1.807, 2.05) is 6.07 Å². The molecule has 0 aromatic heterocycles. The fourth-order valence-electron chi connectivity index (χ4n) is 7.62. The number of nitriles is 1. The first-order valence-electron chi connectivity index (χ1n) is 14.8. The van der Waals surface area contributed by atoms with E-state index in [0.29, 0.717) is 5.56 Å². The molecule has 0 atom stereocenters. The smallest absolute Gasteiger partial charge is 0.0991 e. The van der Waals surface area contributed by atoms with Gasteiger partial charge in [-0.3, -0.25) is 0 Å². The zero-order valence-corrected chi connectivity index (χ0v) is 24.3. The highest BCUT2D eigenvalue weighted by molar-refractivity contribution is 5.91. The largest absolute Gasteiger partial charge is 0.310 e. The number of hydrogen-bond acceptors (Lipinski definition) is 2. The van der Waals surface area contributed by atoms with Gasteiger partial charge in [0.25, 0.3) is 0 Å². The minimum atomic E-state index is -0.480. The second kappa shape index (κ2) is 9.31. The van der Waals surface area contributed by atoms with Crippen LogP contribution in [0.25, 0.3) is 11.1 Å². The van der Waals surface area contributed by atoms with Crippen molar-refractivity contribution in [2.45, 2.75) is 24.7 Å². The molecule has 204 valence electrons. The van der Waals surface area contributed by atoms with E-state index in [9.17, 15) is 5.26 Å². The predicted molar refractivity (Wildman–Crippen MR) is 175 cm³/mol. The molecule has 43 heavy (non-hydrogen) atoms. The van der Waals surface area contributed by atoms with E-state index >= 15 is 0 Å². The Labute approximate surface area is 253 Å². The van der Waals surface area contributed by atoms with Gasteiger partial charge < -0.3 is 4.90 Å². The molecule has 0 amide bonds. The van der Waals surface area contributed by atoms with Crippen molar-refractivity contribution in [3.8, 4) is 17.2 Å². The van der Waals surface area contributed by atoms with E-state index in [1.54, 1.807) is 0 Å². The first-order valence-corrected chi connectivity index (χ1v) is 14.8. The third kappa shape index (κ3) is 3.46. The van der Waals surface area contributed by atoms with Crippen LogP contribution in [0, 0.1) is 11.3 Å². The summed E-state index contributed by atoms with van der Waals surface area (Å²) in [7, 11) is 0. The van der Waals surface area contributed by atoms with Gasteiger partial charge in [0.15, 0.2) is 0 Å². The van der Waals surface area contributed by atoms with Gasteiger partial charge in [-0.1, -0.05) is 123 Å². The Morgan fingerprint density at radius 1 is 0.512 bits per heavy atom. The van der Waals surface area contributed by atoms with Crippen molar-refractivity contribution in [3.63, 3.8) is 0 Å². The van der Waals surface area contributed by atoms with Gasteiger partial charge in [-0.15, -0.1) is 0 Å². The lowest BCUT2D eigenvalue weighted by Gasteiger charge is -2.46. The second-order valence-electron chi connectivity index (χ2n) is 12.1. The van der Waals surface area contributed by atoms with Crippen molar-refractivity contribution in [2.24, 2.45) is 0 Å². The van der Waals surface area contributed by atoms with Gasteiger partial charge in [0, 0.05) is 11.1 Å². The Bertz CT molecular complexity index is 1980. The van der Waals surface area contributed by atoms with Gasteiger partial charge in [0.1, 0.15) is 0 Å². The van der Waals surface area contributed by atoms with Crippen LogP contribution in [0.2, 0.25) is 0 Å². The number of para-hydroxylation sites is 2. The van der Waals surface area contributed by atoms with Gasteiger partial charge in [-0.2, -0.15) is 5.26 Å². The summed E-state index contributed by atoms with van der Waals surface area (Å²) in [4.78, 5) is 2.44. The van der Waals surface area contributed by atoms with Crippen LogP contribution in [0.3, 0.4) is 0 Å². The standard InChI is InChI=1S/C41H30N2/c1-40(2)36-25-28(27-42)21-23-32(36)33-24-22-31(26-37(33)40)43-38-19-11-9-17-34(38)41(29-13-5-3-6-14-29,30-15-7-4-8-16-30)35-18-10-12-20-39(35)43/h3-26H,1-2H3. The maximum atomic E-state index is 9.61. The molecule has 0 N–H and O–H groups in total. The molecule has 0 unspecified atom stereocenters. The van der Waals surface area contributed by atoms with Crippen LogP contribution in [0.15, 0.2) is 146 Å². The highest BCUT2D eigenvalue weighted by atomic mass is 15.2. The van der Waals surface area contributed by atoms with E-state index in [-0.39, 0.29) is 5.41 Å². The molecule has 0 saturated carbocycles. The molecular weight excluding hydrogens is 520 g/mol. The molecule has 6 aromatic rings. The quantitative estimate of drug-likeness (QED) is 0.219. The van der Waals surface area contributed by atoms with Crippen LogP contribution < -0.4 is 4.90 Å². The maximum absolute atomic E-state index is 9.61. The van der Waals surface area contributed by atoms with Crippen LogP contribution in [0.1, 0.15) is 52.8 Å². The van der Waals surface area contributed by atoms with Gasteiger partial charge in [-0.25, -0.2) is 0 Å². The molecule has 0 spiro atoms. The fourth-order valence-corrected chi connectivity index (χ4v) is 7.62. The fraction of sp³-hybridized carbons (Fsp3) is 0.0976. The van der Waals surface area contributed by atoms with E-state index in [1.165, 1.54) is 55.9 Å². The van der Waals surface area contributed by atoms with Crippen LogP contribution in [-0.2, 0) is 10.8 Å². The van der Waals surface area contributed by atoms with E-state index in [4.69, 9.17) is 0 Å². The maximum Gasteiger partial charge on any atom is 0.0991 e. The Balaban J connectivity index is 1.40. The molecule has 0 fully saturated rings. The minimum Gasteiger partial charge on any atom is -0.310 e. The Morgan fingerprint density at radius 2 is 1.00 bits per heavy atom. The first kappa shape index (κ1) is 25.3. The number of rotatable bonds is 3. The summed E-state index contributed by atoms with van der Waals surface area (Å²) in [5.41, 5.74) is 13.5. The van der Waals surface area contributed by atoms with Crippen molar-refractivity contribution >= 4 is 17.1 Å². The van der Waals surface area contributed by atoms with Gasteiger partial charge in [-0.05, 0) is 80.9 Å². The molecule has 0 bridgehead atoms. The SMILES string of the molecule is CC1(C)c2cc(C#N)ccc2-c2ccc(N3c4ccccc4C(c4ccccc4)(c4ccccc4)c4ccccc43)cc21. The summed E-state index contributed by atoms with van der Waals surface area (Å²) < 4.78 is 0. The molecule has 1 heterocycles. The lowest BCUT2D eigenvalue weighted by atomic mass is 9.62. The molecule has 0 saturated heterocycles. The average Bonchev–Trinajstić information content (AvgIpc) is 3.29. The minimum absolute atomic E-state index is 0.222. The summed E-state index contributed by atoms with van der Waals surface area (Å²) in [5.74, 6) is 0. The molecule has 1 aliphatic heterocycles. The zero-order chi connectivity index (χ0) is 29.2. The molecule has 2 nitrogen and oxygen atoms in total. The van der Waals surface area contributed by atoms with E-state index < -0.39 is 5.41 Å². The molecule has 1 aliphatic carbocycles. The van der Waals surface area contributed by atoms with Crippen LogP contribution in [0.5, 0.6) is 0 Å². The van der Waals surface area contributed by atoms with Gasteiger partial charge >= 0.3 is 0 Å². The normalized spacial score (nSPS) is 15.0. The number of anilines is 3. The Kier molecular flexibility index (Phi) is 5.49. The van der Waals surface area contributed by atoms with Crippen molar-refractivity contribution in [3.05, 3.63) is 185 Å². The molecule has 2 heteroatoms. The summed E-state index contributed by atoms with van der Waals surface area (Å²) in [6, 6.07) is 54.9. The average molecular weight is 551 g/mol. The number of fused-ring (bicyclic) bond motifs is 5. The Hall–Kier alpha value is -5.39. The highest BCUT2D eigenvalue weighted by Gasteiger charge is 2.46. The summed E-state index contributed by atoms with van der Waals surface area (Å²) in [5, 5.41) is 9.61. The van der Waals surface area contributed by atoms with Crippen molar-refractivity contribution in [2.75, 3.05) is 4.90 Å². The van der Waals surface area contributed by atoms with E-state index in [0.717, 1.165) is 5.69 Å². The Morgan fingerprint density at radius 3 is 1.56 bits per heavy atom. The zero-order valence-electron chi connectivity index (χ0n) is 24.3. The summed E-state index contributed by atoms with van der Waals surface area (Å²) in [6.07, 6.45) is 0. The van der Waals surface area contributed by atoms with Crippen LogP contribution in [-0.4, -0.2) is 0 Å². The van der Waals surface area contributed by atoms with Crippen LogP contribution >= 0.6 is 0 Å². The number of nitrogens with zero attached hydrogens (tertiary/aromatic N) is 2. The van der Waals surface area contributed by atoms with Crippen LogP contribution in [0.4, 0.5) is 17.1 Å². The monoisotopic (exact) mass is 550 g/mol. The third-order valence-corrected chi connectivity index (χ3v) is 9.56. The van der Waals surface area contributed by atoms with E-state index in [2.05, 4.69) is 164 Å². The van der Waals surface area contributed by atoms with Gasteiger partial charge in [0.05, 0.1) is 28.4 Å². The summed E-state index contributed by atoms with van der Waals surface area (Å²) in [6.45, 7) is 4.55. The molecule has 8 rings (SSSR count). The predicted octanol–water partition coefficient (Wildman–Crippen LogP) is 10.0. The van der Waals surface area contributed by atoms with Crippen molar-refractivity contribution < 1.29 is 0 Å².